The molecule has 0 aliphatic carbocycles. The number of anilines is 2. The molecule has 6 rings (SSSR count). The molecule has 1 amide bonds. The first-order valence-corrected chi connectivity index (χ1v) is 15.2. The molecule has 2 aliphatic rings. The van der Waals surface area contributed by atoms with Gasteiger partial charge < -0.3 is 20.4 Å². The molecule has 1 fully saturated rings. The van der Waals surface area contributed by atoms with E-state index in [0.717, 1.165) is 84.1 Å². The average Bonchev–Trinajstić information content (AvgIpc) is 3.17. The summed E-state index contributed by atoms with van der Waals surface area (Å²) < 4.78 is 0. The van der Waals surface area contributed by atoms with Gasteiger partial charge in [0.25, 0.3) is 5.91 Å². The van der Waals surface area contributed by atoms with Crippen LogP contribution in [0, 0.1) is 6.92 Å². The number of carbonyl (C=O) groups excluding carboxylic acids is 1. The molecule has 0 unspecified atom stereocenters. The van der Waals surface area contributed by atoms with E-state index < -0.39 is 0 Å². The number of aromatic nitrogens is 2. The second kappa shape index (κ2) is 13.0. The van der Waals surface area contributed by atoms with Crippen molar-refractivity contribution in [2.24, 2.45) is 4.99 Å². The minimum absolute atomic E-state index is 0.0640. The fourth-order valence-electron chi connectivity index (χ4n) is 5.57. The number of hydrogen-bond donors (Lipinski definition) is 2. The van der Waals surface area contributed by atoms with E-state index in [1.807, 2.05) is 60.8 Å². The van der Waals surface area contributed by atoms with E-state index in [2.05, 4.69) is 51.5 Å². The van der Waals surface area contributed by atoms with Crippen LogP contribution >= 0.6 is 11.6 Å². The summed E-state index contributed by atoms with van der Waals surface area (Å²) in [6.07, 6.45) is 2.77. The molecule has 4 aromatic rings. The van der Waals surface area contributed by atoms with E-state index in [1.165, 1.54) is 0 Å². The van der Waals surface area contributed by atoms with Crippen molar-refractivity contribution < 1.29 is 4.79 Å². The second-order valence-corrected chi connectivity index (χ2v) is 11.6. The largest absolute Gasteiger partial charge is 0.352 e. The molecular formula is C34H36ClN7O. The Morgan fingerprint density at radius 1 is 0.953 bits per heavy atom. The third-order valence-electron chi connectivity index (χ3n) is 8.10. The Bertz CT molecular complexity index is 1650. The summed E-state index contributed by atoms with van der Waals surface area (Å²) in [5.74, 6) is 0.408. The first kappa shape index (κ1) is 29.0. The summed E-state index contributed by atoms with van der Waals surface area (Å²) in [5.41, 5.74) is 8.22. The van der Waals surface area contributed by atoms with Gasteiger partial charge in [0, 0.05) is 77.4 Å². The highest BCUT2D eigenvalue weighted by Crippen LogP contribution is 2.34. The number of hydrogen-bond acceptors (Lipinski definition) is 7. The first-order chi connectivity index (χ1) is 20.9. The standard InChI is InChI=1S/C34H36ClN7O/c1-23-6-3-4-7-28(23)32-30-20-26(35)10-13-29(30)31-25(21-37-32)22-38-34(40-31)39-27-11-8-24(9-12-27)33(43)36-14-5-15-42-18-16-41(2)17-19-42/h3-4,6-13,20,22H,5,14-19,21H2,1-2H3,(H,36,43)(H,38,39,40). The zero-order valence-electron chi connectivity index (χ0n) is 24.6. The normalized spacial score (nSPS) is 15.2. The van der Waals surface area contributed by atoms with Gasteiger partial charge in [-0.1, -0.05) is 41.9 Å². The lowest BCUT2D eigenvalue weighted by Gasteiger charge is -2.32. The average molecular weight is 594 g/mol. The Balaban J connectivity index is 1.13. The highest BCUT2D eigenvalue weighted by molar-refractivity contribution is 6.31. The molecule has 8 nitrogen and oxygen atoms in total. The van der Waals surface area contributed by atoms with Gasteiger partial charge in [-0.15, -0.1) is 0 Å². The molecule has 0 bridgehead atoms. The number of amides is 1. The zero-order chi connectivity index (χ0) is 29.8. The second-order valence-electron chi connectivity index (χ2n) is 11.2. The number of nitrogens with zero attached hydrogens (tertiary/aromatic N) is 5. The highest BCUT2D eigenvalue weighted by atomic mass is 35.5. The predicted molar refractivity (Wildman–Crippen MR) is 174 cm³/mol. The van der Waals surface area contributed by atoms with E-state index in [4.69, 9.17) is 21.6 Å². The molecule has 0 atom stereocenters. The lowest BCUT2D eigenvalue weighted by atomic mass is 9.93. The summed E-state index contributed by atoms with van der Waals surface area (Å²) >= 11 is 6.46. The van der Waals surface area contributed by atoms with Gasteiger partial charge >= 0.3 is 0 Å². The minimum atomic E-state index is -0.0640. The quantitative estimate of drug-likeness (QED) is 0.260. The Morgan fingerprint density at radius 2 is 1.74 bits per heavy atom. The van der Waals surface area contributed by atoms with Crippen LogP contribution in [-0.2, 0) is 6.54 Å². The van der Waals surface area contributed by atoms with E-state index in [9.17, 15) is 4.79 Å². The van der Waals surface area contributed by atoms with Crippen molar-refractivity contribution in [2.75, 3.05) is 51.6 Å². The van der Waals surface area contributed by atoms with E-state index in [1.54, 1.807) is 0 Å². The van der Waals surface area contributed by atoms with Crippen LogP contribution in [0.4, 0.5) is 11.6 Å². The molecule has 2 N–H and O–H groups in total. The number of fused-ring (bicyclic) bond motifs is 3. The first-order valence-electron chi connectivity index (χ1n) is 14.8. The lowest BCUT2D eigenvalue weighted by Crippen LogP contribution is -2.45. The maximum Gasteiger partial charge on any atom is 0.251 e. The van der Waals surface area contributed by atoms with Gasteiger partial charge in [0.2, 0.25) is 5.95 Å². The van der Waals surface area contributed by atoms with Gasteiger partial charge in [0.1, 0.15) is 0 Å². The molecule has 0 radical (unpaired) electrons. The smallest absolute Gasteiger partial charge is 0.251 e. The fraction of sp³-hybridized carbons (Fsp3) is 0.294. The van der Waals surface area contributed by atoms with Gasteiger partial charge in [-0.25, -0.2) is 9.97 Å². The number of likely N-dealkylation sites (N-methyl/N-ethyl adjacent to an activating group) is 1. The number of halogens is 1. The molecule has 0 saturated carbocycles. The maximum atomic E-state index is 12.7. The van der Waals surface area contributed by atoms with Gasteiger partial charge in [-0.05, 0) is 68.9 Å². The minimum Gasteiger partial charge on any atom is -0.352 e. The van der Waals surface area contributed by atoms with Crippen molar-refractivity contribution in [1.82, 2.24) is 25.1 Å². The van der Waals surface area contributed by atoms with Crippen LogP contribution in [-0.4, -0.2) is 77.7 Å². The summed E-state index contributed by atoms with van der Waals surface area (Å²) in [4.78, 5) is 32.0. The number of benzene rings is 3. The highest BCUT2D eigenvalue weighted by Gasteiger charge is 2.22. The monoisotopic (exact) mass is 593 g/mol. The SMILES string of the molecule is Cc1ccccc1C1=NCc2cnc(Nc3ccc(C(=O)NCCCN4CCN(C)CC4)cc3)nc2-c2ccc(Cl)cc21. The van der Waals surface area contributed by atoms with Crippen molar-refractivity contribution in [3.63, 3.8) is 0 Å². The Labute approximate surface area is 257 Å². The number of aliphatic imine (C=N–C) groups is 1. The summed E-state index contributed by atoms with van der Waals surface area (Å²) in [5, 5.41) is 7.00. The van der Waals surface area contributed by atoms with Crippen LogP contribution in [0.25, 0.3) is 11.3 Å². The van der Waals surface area contributed by atoms with Crippen molar-refractivity contribution >= 4 is 34.9 Å². The summed E-state index contributed by atoms with van der Waals surface area (Å²) in [6.45, 7) is 8.62. The number of aryl methyl sites for hydroxylation is 1. The molecule has 1 saturated heterocycles. The molecular weight excluding hydrogens is 558 g/mol. The zero-order valence-corrected chi connectivity index (χ0v) is 25.4. The number of rotatable bonds is 8. The van der Waals surface area contributed by atoms with Crippen molar-refractivity contribution in [1.29, 1.82) is 0 Å². The molecule has 1 aromatic heterocycles. The molecule has 43 heavy (non-hydrogen) atoms. The number of carbonyl (C=O) groups is 1. The number of piperazine rings is 1. The summed E-state index contributed by atoms with van der Waals surface area (Å²) in [6, 6.07) is 21.5. The number of nitrogens with one attached hydrogen (secondary N) is 2. The maximum absolute atomic E-state index is 12.7. The van der Waals surface area contributed by atoms with Crippen LogP contribution in [0.15, 0.2) is 77.9 Å². The lowest BCUT2D eigenvalue weighted by molar-refractivity contribution is 0.0949. The van der Waals surface area contributed by atoms with Crippen LogP contribution < -0.4 is 10.6 Å². The molecule has 2 aliphatic heterocycles. The topological polar surface area (TPSA) is 85.7 Å². The van der Waals surface area contributed by atoms with Crippen LogP contribution in [0.3, 0.4) is 0 Å². The molecule has 3 heterocycles. The third-order valence-corrected chi connectivity index (χ3v) is 8.33. The van der Waals surface area contributed by atoms with Crippen molar-refractivity contribution in [2.45, 2.75) is 19.9 Å². The Morgan fingerprint density at radius 3 is 2.53 bits per heavy atom. The fourth-order valence-corrected chi connectivity index (χ4v) is 5.74. The van der Waals surface area contributed by atoms with E-state index in [0.29, 0.717) is 29.6 Å². The van der Waals surface area contributed by atoms with Gasteiger partial charge in [-0.3, -0.25) is 9.79 Å². The van der Waals surface area contributed by atoms with Crippen LogP contribution in [0.1, 0.15) is 39.0 Å². The third kappa shape index (κ3) is 6.77. The van der Waals surface area contributed by atoms with E-state index in [-0.39, 0.29) is 5.91 Å². The van der Waals surface area contributed by atoms with Crippen LogP contribution in [0.5, 0.6) is 0 Å². The summed E-state index contributed by atoms with van der Waals surface area (Å²) in [7, 11) is 2.16. The Kier molecular flexibility index (Phi) is 8.79. The Hall–Kier alpha value is -4.11. The van der Waals surface area contributed by atoms with Gasteiger partial charge in [-0.2, -0.15) is 0 Å². The van der Waals surface area contributed by atoms with Crippen molar-refractivity contribution in [3.8, 4) is 11.3 Å². The predicted octanol–water partition coefficient (Wildman–Crippen LogP) is 5.57. The molecule has 9 heteroatoms. The molecule has 220 valence electrons. The van der Waals surface area contributed by atoms with Gasteiger partial charge in [0.05, 0.1) is 18.0 Å². The molecule has 0 spiro atoms. The van der Waals surface area contributed by atoms with Crippen molar-refractivity contribution in [3.05, 3.63) is 106 Å². The van der Waals surface area contributed by atoms with Crippen LogP contribution in [0.2, 0.25) is 5.02 Å². The molecule has 3 aromatic carbocycles. The van der Waals surface area contributed by atoms with E-state index >= 15 is 0 Å². The van der Waals surface area contributed by atoms with Gasteiger partial charge in [0.15, 0.2) is 0 Å².